The molecule has 86 valence electrons. The van der Waals surface area contributed by atoms with Crippen molar-refractivity contribution in [2.75, 3.05) is 13.1 Å². The van der Waals surface area contributed by atoms with Crippen LogP contribution in [0.1, 0.15) is 33.6 Å². The highest BCUT2D eigenvalue weighted by Crippen LogP contribution is 1.96. The molecule has 15 heavy (non-hydrogen) atoms. The molecular weight excluding hydrogens is 188 g/mol. The normalized spacial score (nSPS) is 12.2. The zero-order chi connectivity index (χ0) is 11.7. The fraction of sp³-hybridized carbons (Fsp3) is 0.750. The largest absolute Gasteiger partial charge is 0.355 e. The van der Waals surface area contributed by atoms with Crippen LogP contribution in [0.5, 0.6) is 0 Å². The van der Waals surface area contributed by atoms with Crippen LogP contribution >= 0.6 is 0 Å². The van der Waals surface area contributed by atoms with Gasteiger partial charge in [0.2, 0.25) is 5.91 Å². The highest BCUT2D eigenvalue weighted by Gasteiger charge is 2.10. The topological polar surface area (TPSA) is 41.1 Å². The Bertz CT molecular complexity index is 218. The first-order chi connectivity index (χ1) is 7.07. The Hall–Kier alpha value is -1.01. The van der Waals surface area contributed by atoms with Crippen molar-refractivity contribution in [3.63, 3.8) is 0 Å². The van der Waals surface area contributed by atoms with Gasteiger partial charge in [-0.2, -0.15) is 0 Å². The maximum absolute atomic E-state index is 11.5. The zero-order valence-electron chi connectivity index (χ0n) is 9.97. The molecule has 0 aromatic carbocycles. The van der Waals surface area contributed by atoms with Gasteiger partial charge in [-0.05, 0) is 19.3 Å². The standard InChI is InChI=1S/C12H22N2O/c1-5-6-8-13-11(4)12(15)14-9-7-10(2)3/h1,10-11,13H,6-9H2,2-4H3,(H,14,15). The van der Waals surface area contributed by atoms with E-state index in [-0.39, 0.29) is 11.9 Å². The summed E-state index contributed by atoms with van der Waals surface area (Å²) in [7, 11) is 0. The number of carbonyl (C=O) groups is 1. The van der Waals surface area contributed by atoms with E-state index in [1.807, 2.05) is 6.92 Å². The second-order valence-corrected chi connectivity index (χ2v) is 4.10. The maximum Gasteiger partial charge on any atom is 0.236 e. The molecule has 0 bridgehead atoms. The molecule has 0 rings (SSSR count). The van der Waals surface area contributed by atoms with Crippen LogP contribution in [-0.4, -0.2) is 25.0 Å². The summed E-state index contributed by atoms with van der Waals surface area (Å²) in [6, 6.07) is -0.162. The lowest BCUT2D eigenvalue weighted by molar-refractivity contribution is -0.122. The Labute approximate surface area is 93.0 Å². The number of carbonyl (C=O) groups excluding carboxylic acids is 1. The highest BCUT2D eigenvalue weighted by molar-refractivity contribution is 5.81. The minimum Gasteiger partial charge on any atom is -0.355 e. The zero-order valence-corrected chi connectivity index (χ0v) is 9.97. The Kier molecular flexibility index (Phi) is 7.75. The molecule has 0 saturated carbocycles. The van der Waals surface area contributed by atoms with Gasteiger partial charge in [0.05, 0.1) is 6.04 Å². The van der Waals surface area contributed by atoms with Crippen LogP contribution in [0.15, 0.2) is 0 Å². The number of hydrogen-bond donors (Lipinski definition) is 2. The van der Waals surface area contributed by atoms with Gasteiger partial charge in [-0.25, -0.2) is 0 Å². The quantitative estimate of drug-likeness (QED) is 0.489. The fourth-order valence-corrected chi connectivity index (χ4v) is 1.09. The van der Waals surface area contributed by atoms with Gasteiger partial charge in [0, 0.05) is 19.5 Å². The highest BCUT2D eigenvalue weighted by atomic mass is 16.2. The Balaban J connectivity index is 3.56. The van der Waals surface area contributed by atoms with Crippen LogP contribution in [0.2, 0.25) is 0 Å². The number of nitrogens with one attached hydrogen (secondary N) is 2. The molecule has 0 aromatic heterocycles. The number of terminal acetylenes is 1. The van der Waals surface area contributed by atoms with Crippen molar-refractivity contribution in [2.45, 2.75) is 39.7 Å². The van der Waals surface area contributed by atoms with E-state index in [2.05, 4.69) is 30.4 Å². The lowest BCUT2D eigenvalue weighted by Gasteiger charge is -2.13. The van der Waals surface area contributed by atoms with Crippen LogP contribution in [0, 0.1) is 18.3 Å². The van der Waals surface area contributed by atoms with Gasteiger partial charge in [-0.3, -0.25) is 4.79 Å². The summed E-state index contributed by atoms with van der Waals surface area (Å²) in [5.41, 5.74) is 0. The van der Waals surface area contributed by atoms with Crippen LogP contribution < -0.4 is 10.6 Å². The summed E-state index contributed by atoms with van der Waals surface area (Å²) in [5, 5.41) is 5.95. The molecule has 1 amide bonds. The fourth-order valence-electron chi connectivity index (χ4n) is 1.09. The predicted molar refractivity (Wildman–Crippen MR) is 63.4 cm³/mol. The van der Waals surface area contributed by atoms with Crippen LogP contribution in [0.25, 0.3) is 0 Å². The van der Waals surface area contributed by atoms with Gasteiger partial charge in [-0.1, -0.05) is 13.8 Å². The molecule has 0 radical (unpaired) electrons. The van der Waals surface area contributed by atoms with Crippen molar-refractivity contribution in [1.82, 2.24) is 10.6 Å². The Morgan fingerprint density at radius 2 is 2.00 bits per heavy atom. The van der Waals surface area contributed by atoms with E-state index in [1.54, 1.807) is 0 Å². The van der Waals surface area contributed by atoms with Crippen LogP contribution in [0.3, 0.4) is 0 Å². The molecule has 1 atom stereocenters. The minimum atomic E-state index is -0.162. The van der Waals surface area contributed by atoms with Crippen molar-refractivity contribution in [2.24, 2.45) is 5.92 Å². The van der Waals surface area contributed by atoms with Gasteiger partial charge < -0.3 is 10.6 Å². The van der Waals surface area contributed by atoms with Gasteiger partial charge in [0.1, 0.15) is 0 Å². The van der Waals surface area contributed by atoms with Crippen LogP contribution in [-0.2, 0) is 4.79 Å². The monoisotopic (exact) mass is 210 g/mol. The van der Waals surface area contributed by atoms with Gasteiger partial charge in [0.15, 0.2) is 0 Å². The minimum absolute atomic E-state index is 0.0488. The third kappa shape index (κ3) is 8.02. The summed E-state index contributed by atoms with van der Waals surface area (Å²) < 4.78 is 0. The maximum atomic E-state index is 11.5. The molecule has 3 nitrogen and oxygen atoms in total. The first kappa shape index (κ1) is 14.0. The first-order valence-corrected chi connectivity index (χ1v) is 5.52. The second-order valence-electron chi connectivity index (χ2n) is 4.10. The third-order valence-electron chi connectivity index (χ3n) is 2.13. The van der Waals surface area contributed by atoms with E-state index in [1.165, 1.54) is 0 Å². The van der Waals surface area contributed by atoms with E-state index in [0.29, 0.717) is 18.9 Å². The number of hydrogen-bond acceptors (Lipinski definition) is 2. The van der Waals surface area contributed by atoms with Crippen molar-refractivity contribution in [1.29, 1.82) is 0 Å². The van der Waals surface area contributed by atoms with E-state index in [0.717, 1.165) is 13.0 Å². The van der Waals surface area contributed by atoms with Crippen molar-refractivity contribution in [3.05, 3.63) is 0 Å². The molecule has 1 unspecified atom stereocenters. The van der Waals surface area contributed by atoms with Crippen molar-refractivity contribution < 1.29 is 4.79 Å². The SMILES string of the molecule is C#CCCNC(C)C(=O)NCCC(C)C. The number of amides is 1. The van der Waals surface area contributed by atoms with Crippen molar-refractivity contribution in [3.8, 4) is 12.3 Å². The predicted octanol–water partition coefficient (Wildman–Crippen LogP) is 1.15. The summed E-state index contributed by atoms with van der Waals surface area (Å²) in [6.45, 7) is 7.57. The molecule has 0 spiro atoms. The molecule has 0 aliphatic heterocycles. The molecular formula is C12H22N2O. The van der Waals surface area contributed by atoms with E-state index < -0.39 is 0 Å². The molecule has 0 fully saturated rings. The molecule has 0 aromatic rings. The van der Waals surface area contributed by atoms with Gasteiger partial charge in [-0.15, -0.1) is 12.3 Å². The van der Waals surface area contributed by atoms with Gasteiger partial charge >= 0.3 is 0 Å². The molecule has 3 heteroatoms. The molecule has 0 heterocycles. The Morgan fingerprint density at radius 3 is 2.53 bits per heavy atom. The molecule has 0 saturated heterocycles. The van der Waals surface area contributed by atoms with E-state index in [4.69, 9.17) is 6.42 Å². The summed E-state index contributed by atoms with van der Waals surface area (Å²) >= 11 is 0. The summed E-state index contributed by atoms with van der Waals surface area (Å²) in [6.07, 6.45) is 6.79. The average Bonchev–Trinajstić information content (AvgIpc) is 2.17. The third-order valence-corrected chi connectivity index (χ3v) is 2.13. The molecule has 0 aliphatic rings. The first-order valence-electron chi connectivity index (χ1n) is 5.52. The number of rotatable bonds is 7. The Morgan fingerprint density at radius 1 is 1.33 bits per heavy atom. The van der Waals surface area contributed by atoms with Gasteiger partial charge in [0.25, 0.3) is 0 Å². The summed E-state index contributed by atoms with van der Waals surface area (Å²) in [4.78, 5) is 11.5. The smallest absolute Gasteiger partial charge is 0.236 e. The lowest BCUT2D eigenvalue weighted by atomic mass is 10.1. The molecule has 2 N–H and O–H groups in total. The lowest BCUT2D eigenvalue weighted by Crippen LogP contribution is -2.42. The average molecular weight is 210 g/mol. The van der Waals surface area contributed by atoms with E-state index >= 15 is 0 Å². The van der Waals surface area contributed by atoms with Crippen molar-refractivity contribution >= 4 is 5.91 Å². The van der Waals surface area contributed by atoms with E-state index in [9.17, 15) is 4.79 Å². The molecule has 0 aliphatic carbocycles. The van der Waals surface area contributed by atoms with Crippen LogP contribution in [0.4, 0.5) is 0 Å². The second kappa shape index (κ2) is 8.31. The summed E-state index contributed by atoms with van der Waals surface area (Å²) in [5.74, 6) is 3.20.